The van der Waals surface area contributed by atoms with Crippen molar-refractivity contribution < 1.29 is 14.7 Å². The Morgan fingerprint density at radius 3 is 2.11 bits per heavy atom. The van der Waals surface area contributed by atoms with Gasteiger partial charge >= 0.3 is 5.97 Å². The predicted molar refractivity (Wildman–Crippen MR) is 74.8 cm³/mol. The molecular formula is C15H27NO3. The largest absolute Gasteiger partial charge is 0.480 e. The van der Waals surface area contributed by atoms with Crippen molar-refractivity contribution >= 4 is 11.9 Å². The predicted octanol–water partition coefficient (Wildman–Crippen LogP) is 2.96. The molecule has 4 heteroatoms. The number of hydrogen-bond acceptors (Lipinski definition) is 2. The van der Waals surface area contributed by atoms with E-state index in [0.717, 1.165) is 25.7 Å². The summed E-state index contributed by atoms with van der Waals surface area (Å²) in [7, 11) is 0. The first kappa shape index (κ1) is 16.0. The molecule has 1 atom stereocenters. The first-order valence-electron chi connectivity index (χ1n) is 7.39. The quantitative estimate of drug-likeness (QED) is 0.754. The van der Waals surface area contributed by atoms with Gasteiger partial charge in [-0.3, -0.25) is 4.79 Å². The minimum absolute atomic E-state index is 0.0811. The first-order chi connectivity index (χ1) is 8.85. The molecule has 1 saturated carbocycles. The van der Waals surface area contributed by atoms with Crippen LogP contribution in [0.5, 0.6) is 0 Å². The zero-order valence-corrected chi connectivity index (χ0v) is 12.4. The summed E-state index contributed by atoms with van der Waals surface area (Å²) in [5, 5.41) is 11.9. The average molecular weight is 269 g/mol. The van der Waals surface area contributed by atoms with Crippen LogP contribution in [-0.4, -0.2) is 23.0 Å². The Bertz CT molecular complexity index is 317. The molecule has 0 aromatic carbocycles. The number of hydrogen-bond donors (Lipinski definition) is 2. The number of carboxylic acids is 1. The highest BCUT2D eigenvalue weighted by Gasteiger charge is 2.35. The van der Waals surface area contributed by atoms with Crippen LogP contribution in [0.25, 0.3) is 0 Å². The molecule has 0 bridgehead atoms. The van der Waals surface area contributed by atoms with Crippen LogP contribution in [0, 0.1) is 11.3 Å². The van der Waals surface area contributed by atoms with Crippen molar-refractivity contribution in [1.29, 1.82) is 0 Å². The van der Waals surface area contributed by atoms with Gasteiger partial charge in [0.25, 0.3) is 0 Å². The van der Waals surface area contributed by atoms with Crippen LogP contribution >= 0.6 is 0 Å². The molecule has 0 aromatic heterocycles. The van der Waals surface area contributed by atoms with Crippen LogP contribution < -0.4 is 5.32 Å². The molecule has 1 rings (SSSR count). The lowest BCUT2D eigenvalue weighted by Gasteiger charge is -2.29. The third kappa shape index (κ3) is 4.84. The van der Waals surface area contributed by atoms with Gasteiger partial charge in [-0.15, -0.1) is 0 Å². The van der Waals surface area contributed by atoms with Crippen LogP contribution in [0.2, 0.25) is 0 Å². The smallest absolute Gasteiger partial charge is 0.326 e. The lowest BCUT2D eigenvalue weighted by molar-refractivity contribution is -0.144. The third-order valence-corrected chi connectivity index (χ3v) is 4.07. The molecule has 0 aromatic rings. The van der Waals surface area contributed by atoms with E-state index in [2.05, 4.69) is 5.32 Å². The summed E-state index contributed by atoms with van der Waals surface area (Å²) in [5.74, 6) is -0.759. The summed E-state index contributed by atoms with van der Waals surface area (Å²) in [6.07, 6.45) is 6.70. The van der Waals surface area contributed by atoms with Crippen molar-refractivity contribution in [1.82, 2.24) is 5.32 Å². The summed E-state index contributed by atoms with van der Waals surface area (Å²) >= 11 is 0. The highest BCUT2D eigenvalue weighted by atomic mass is 16.4. The van der Waals surface area contributed by atoms with E-state index >= 15 is 0 Å². The minimum atomic E-state index is -0.931. The van der Waals surface area contributed by atoms with E-state index in [9.17, 15) is 14.7 Å². The van der Waals surface area contributed by atoms with Crippen LogP contribution in [0.1, 0.15) is 65.7 Å². The zero-order chi connectivity index (χ0) is 14.5. The van der Waals surface area contributed by atoms with Crippen LogP contribution in [-0.2, 0) is 9.59 Å². The molecule has 1 amide bonds. The maximum absolute atomic E-state index is 12.4. The van der Waals surface area contributed by atoms with Crippen LogP contribution in [0.3, 0.4) is 0 Å². The maximum atomic E-state index is 12.4. The van der Waals surface area contributed by atoms with Gasteiger partial charge in [0.2, 0.25) is 5.91 Å². The van der Waals surface area contributed by atoms with Crippen molar-refractivity contribution in [3.63, 3.8) is 0 Å². The summed E-state index contributed by atoms with van der Waals surface area (Å²) in [6.45, 7) is 5.91. The second-order valence-corrected chi connectivity index (χ2v) is 6.47. The van der Waals surface area contributed by atoms with Crippen LogP contribution in [0.4, 0.5) is 0 Å². The Labute approximate surface area is 116 Å². The summed E-state index contributed by atoms with van der Waals surface area (Å²) in [6, 6.07) is -0.757. The Morgan fingerprint density at radius 2 is 1.68 bits per heavy atom. The Balaban J connectivity index is 2.66. The fourth-order valence-electron chi connectivity index (χ4n) is 2.76. The van der Waals surface area contributed by atoms with Gasteiger partial charge in [0.1, 0.15) is 6.04 Å². The van der Waals surface area contributed by atoms with E-state index in [1.807, 2.05) is 20.8 Å². The molecule has 0 aliphatic heterocycles. The summed E-state index contributed by atoms with van der Waals surface area (Å²) in [5.41, 5.74) is -0.388. The molecule has 0 spiro atoms. The molecule has 4 nitrogen and oxygen atoms in total. The van der Waals surface area contributed by atoms with Crippen molar-refractivity contribution in [2.45, 2.75) is 71.8 Å². The van der Waals surface area contributed by atoms with E-state index < -0.39 is 12.0 Å². The number of amides is 1. The van der Waals surface area contributed by atoms with Gasteiger partial charge in [-0.25, -0.2) is 4.79 Å². The molecule has 0 saturated heterocycles. The number of aliphatic carboxylic acids is 1. The molecule has 0 heterocycles. The van der Waals surface area contributed by atoms with Crippen molar-refractivity contribution in [2.75, 3.05) is 0 Å². The minimum Gasteiger partial charge on any atom is -0.480 e. The average Bonchev–Trinajstić information content (AvgIpc) is 2.53. The fourth-order valence-corrected chi connectivity index (χ4v) is 2.76. The van der Waals surface area contributed by atoms with Crippen molar-refractivity contribution in [3.8, 4) is 0 Å². The Morgan fingerprint density at radius 1 is 1.16 bits per heavy atom. The van der Waals surface area contributed by atoms with Crippen molar-refractivity contribution in [2.24, 2.45) is 11.3 Å². The zero-order valence-electron chi connectivity index (χ0n) is 12.4. The van der Waals surface area contributed by atoms with E-state index in [-0.39, 0.29) is 17.2 Å². The highest BCUT2D eigenvalue weighted by molar-refractivity contribution is 5.87. The third-order valence-electron chi connectivity index (χ3n) is 4.07. The lowest BCUT2D eigenvalue weighted by atomic mass is 9.81. The molecule has 2 N–H and O–H groups in total. The Hall–Kier alpha value is -1.06. The summed E-state index contributed by atoms with van der Waals surface area (Å²) in [4.78, 5) is 23.6. The first-order valence-corrected chi connectivity index (χ1v) is 7.39. The van der Waals surface area contributed by atoms with Crippen molar-refractivity contribution in [3.05, 3.63) is 0 Å². The molecule has 1 fully saturated rings. The fraction of sp³-hybridized carbons (Fsp3) is 0.867. The van der Waals surface area contributed by atoms with Gasteiger partial charge in [0.15, 0.2) is 0 Å². The normalized spacial score (nSPS) is 20.6. The summed E-state index contributed by atoms with van der Waals surface area (Å²) < 4.78 is 0. The van der Waals surface area contributed by atoms with Gasteiger partial charge in [-0.2, -0.15) is 0 Å². The molecule has 0 unspecified atom stereocenters. The molecule has 19 heavy (non-hydrogen) atoms. The van der Waals surface area contributed by atoms with E-state index in [0.29, 0.717) is 6.42 Å². The number of carboxylic acid groups (broad SMARTS) is 1. The van der Waals surface area contributed by atoms with Gasteiger partial charge < -0.3 is 10.4 Å². The van der Waals surface area contributed by atoms with Crippen LogP contribution in [0.15, 0.2) is 0 Å². The molecule has 1 aliphatic carbocycles. The monoisotopic (exact) mass is 269 g/mol. The van der Waals surface area contributed by atoms with Gasteiger partial charge in [0, 0.05) is 5.41 Å². The van der Waals surface area contributed by atoms with Gasteiger partial charge in [-0.05, 0) is 25.2 Å². The number of carbonyl (C=O) groups excluding carboxylic acids is 1. The van der Waals surface area contributed by atoms with Gasteiger partial charge in [-0.1, -0.05) is 46.5 Å². The number of nitrogens with one attached hydrogen (secondary N) is 1. The number of rotatable bonds is 5. The lowest BCUT2D eigenvalue weighted by Crippen LogP contribution is -2.48. The topological polar surface area (TPSA) is 66.4 Å². The van der Waals surface area contributed by atoms with Gasteiger partial charge in [0.05, 0.1) is 0 Å². The molecule has 110 valence electrons. The van der Waals surface area contributed by atoms with E-state index in [1.165, 1.54) is 12.8 Å². The standard InChI is InChI=1S/C15H27NO3/c1-11(2)10-12(13(17)18)16-14(19)15(3)8-6-4-5-7-9-15/h11-12H,4-10H2,1-3H3,(H,16,19)(H,17,18)/t12-/m1/s1. The maximum Gasteiger partial charge on any atom is 0.326 e. The van der Waals surface area contributed by atoms with E-state index in [1.54, 1.807) is 0 Å². The highest BCUT2D eigenvalue weighted by Crippen LogP contribution is 2.34. The second-order valence-electron chi connectivity index (χ2n) is 6.47. The SMILES string of the molecule is CC(C)C[C@@H](NC(=O)C1(C)CCCCCC1)C(=O)O. The molecule has 0 radical (unpaired) electrons. The second kappa shape index (κ2) is 6.92. The Kier molecular flexibility index (Phi) is 5.83. The van der Waals surface area contributed by atoms with E-state index in [4.69, 9.17) is 0 Å². The number of carbonyl (C=O) groups is 2. The molecular weight excluding hydrogens is 242 g/mol. The molecule has 1 aliphatic rings.